The summed E-state index contributed by atoms with van der Waals surface area (Å²) in [6, 6.07) is 0. The number of hydrogen-bond acceptors (Lipinski definition) is 5. The minimum absolute atomic E-state index is 0.0424. The smallest absolute Gasteiger partial charge is 0.202 e. The Morgan fingerprint density at radius 1 is 1.57 bits per heavy atom. The van der Waals surface area contributed by atoms with E-state index in [1.165, 1.54) is 11.5 Å². The van der Waals surface area contributed by atoms with Crippen molar-refractivity contribution < 1.29 is 0 Å². The second-order valence-electron chi connectivity index (χ2n) is 3.72. The van der Waals surface area contributed by atoms with Crippen LogP contribution in [-0.2, 0) is 0 Å². The fourth-order valence-corrected chi connectivity index (χ4v) is 1.98. The average molecular weight is 214 g/mol. The minimum atomic E-state index is 0.0424. The molecule has 14 heavy (non-hydrogen) atoms. The van der Waals surface area contributed by atoms with Gasteiger partial charge in [-0.25, -0.2) is 4.98 Å². The summed E-state index contributed by atoms with van der Waals surface area (Å²) in [6.07, 6.45) is 1.98. The van der Waals surface area contributed by atoms with Gasteiger partial charge in [0.25, 0.3) is 0 Å². The molecule has 0 amide bonds. The normalized spacial score (nSPS) is 15.1. The van der Waals surface area contributed by atoms with Crippen molar-refractivity contribution in [2.45, 2.75) is 39.2 Å². The molecule has 0 spiro atoms. The van der Waals surface area contributed by atoms with Gasteiger partial charge in [-0.1, -0.05) is 6.92 Å². The molecular weight excluding hydrogens is 196 g/mol. The zero-order valence-electron chi connectivity index (χ0n) is 9.00. The van der Waals surface area contributed by atoms with E-state index in [9.17, 15) is 0 Å². The fourth-order valence-electron chi connectivity index (χ4n) is 1.25. The van der Waals surface area contributed by atoms with Crippen LogP contribution in [0.4, 0.5) is 5.13 Å². The van der Waals surface area contributed by atoms with Crippen molar-refractivity contribution in [3.8, 4) is 0 Å². The molecule has 80 valence electrons. The third-order valence-corrected chi connectivity index (χ3v) is 3.13. The Bertz CT molecular complexity index is 286. The molecule has 1 aromatic heterocycles. The lowest BCUT2D eigenvalue weighted by molar-refractivity contribution is 0.463. The summed E-state index contributed by atoms with van der Waals surface area (Å²) < 4.78 is 4.13. The van der Waals surface area contributed by atoms with E-state index in [0.717, 1.165) is 23.8 Å². The van der Waals surface area contributed by atoms with Crippen molar-refractivity contribution in [1.82, 2.24) is 9.36 Å². The topological polar surface area (TPSA) is 63.8 Å². The molecule has 1 rings (SSSR count). The van der Waals surface area contributed by atoms with Crippen molar-refractivity contribution in [1.29, 1.82) is 0 Å². The predicted octanol–water partition coefficient (Wildman–Crippen LogP) is 1.78. The number of aromatic nitrogens is 2. The molecule has 1 heterocycles. The molecule has 0 saturated heterocycles. The van der Waals surface area contributed by atoms with Gasteiger partial charge in [0.05, 0.1) is 0 Å². The maximum absolute atomic E-state index is 5.58. The number of nitrogens with zero attached hydrogens (tertiary/aromatic N) is 2. The number of nitrogens with one attached hydrogen (secondary N) is 1. The SMILES string of the molecule is CCC(C)(CCN)Nc1nc(C)ns1. The highest BCUT2D eigenvalue weighted by Crippen LogP contribution is 2.22. The first-order chi connectivity index (χ1) is 6.59. The van der Waals surface area contributed by atoms with Gasteiger partial charge in [0.1, 0.15) is 5.82 Å². The molecule has 4 nitrogen and oxygen atoms in total. The maximum Gasteiger partial charge on any atom is 0.202 e. The van der Waals surface area contributed by atoms with E-state index in [-0.39, 0.29) is 5.54 Å². The third kappa shape index (κ3) is 2.92. The molecule has 1 atom stereocenters. The molecule has 0 fully saturated rings. The van der Waals surface area contributed by atoms with Gasteiger partial charge in [0.15, 0.2) is 0 Å². The number of anilines is 1. The summed E-state index contributed by atoms with van der Waals surface area (Å²) in [5.74, 6) is 0.823. The van der Waals surface area contributed by atoms with Crippen molar-refractivity contribution in [2.24, 2.45) is 5.73 Å². The van der Waals surface area contributed by atoms with E-state index < -0.39 is 0 Å². The molecule has 0 aliphatic carbocycles. The summed E-state index contributed by atoms with van der Waals surface area (Å²) in [4.78, 5) is 4.28. The summed E-state index contributed by atoms with van der Waals surface area (Å²) in [7, 11) is 0. The van der Waals surface area contributed by atoms with E-state index in [2.05, 4.69) is 28.5 Å². The minimum Gasteiger partial charge on any atom is -0.355 e. The van der Waals surface area contributed by atoms with E-state index in [1.54, 1.807) is 0 Å². The van der Waals surface area contributed by atoms with Crippen molar-refractivity contribution in [3.63, 3.8) is 0 Å². The Labute approximate surface area is 89.1 Å². The van der Waals surface area contributed by atoms with E-state index in [4.69, 9.17) is 5.73 Å². The Kier molecular flexibility index (Phi) is 3.83. The van der Waals surface area contributed by atoms with Crippen LogP contribution in [0.15, 0.2) is 0 Å². The molecule has 0 aliphatic rings. The van der Waals surface area contributed by atoms with Gasteiger partial charge in [-0.15, -0.1) is 0 Å². The second kappa shape index (κ2) is 4.70. The first kappa shape index (κ1) is 11.4. The molecular formula is C9H18N4S. The zero-order chi connectivity index (χ0) is 10.6. The number of aryl methyl sites for hydroxylation is 1. The van der Waals surface area contributed by atoms with Crippen LogP contribution in [0.5, 0.6) is 0 Å². The maximum atomic E-state index is 5.58. The number of rotatable bonds is 5. The highest BCUT2D eigenvalue weighted by Gasteiger charge is 2.21. The molecule has 0 saturated carbocycles. The van der Waals surface area contributed by atoms with Crippen molar-refractivity contribution in [3.05, 3.63) is 5.82 Å². The van der Waals surface area contributed by atoms with Gasteiger partial charge in [0.2, 0.25) is 5.13 Å². The fraction of sp³-hybridized carbons (Fsp3) is 0.778. The zero-order valence-corrected chi connectivity index (χ0v) is 9.82. The van der Waals surface area contributed by atoms with Crippen LogP contribution in [0.2, 0.25) is 0 Å². The van der Waals surface area contributed by atoms with Gasteiger partial charge in [0, 0.05) is 17.1 Å². The molecule has 0 radical (unpaired) electrons. The van der Waals surface area contributed by atoms with E-state index >= 15 is 0 Å². The van der Waals surface area contributed by atoms with Crippen molar-refractivity contribution >= 4 is 16.7 Å². The van der Waals surface area contributed by atoms with Gasteiger partial charge in [-0.05, 0) is 33.2 Å². The Hall–Kier alpha value is -0.680. The van der Waals surface area contributed by atoms with Crippen LogP contribution in [-0.4, -0.2) is 21.4 Å². The molecule has 0 aromatic carbocycles. The van der Waals surface area contributed by atoms with Crippen LogP contribution in [0.1, 0.15) is 32.5 Å². The van der Waals surface area contributed by atoms with Crippen LogP contribution in [0.25, 0.3) is 0 Å². The van der Waals surface area contributed by atoms with E-state index in [1.807, 2.05) is 6.92 Å². The van der Waals surface area contributed by atoms with Gasteiger partial charge < -0.3 is 11.1 Å². The lowest BCUT2D eigenvalue weighted by Gasteiger charge is -2.28. The molecule has 5 heteroatoms. The van der Waals surface area contributed by atoms with Gasteiger partial charge >= 0.3 is 0 Å². The standard InChI is InChI=1S/C9H18N4S/c1-4-9(3,5-6-10)12-8-11-7(2)13-14-8/h4-6,10H2,1-3H3,(H,11,12,13). The third-order valence-electron chi connectivity index (χ3n) is 2.41. The Morgan fingerprint density at radius 2 is 2.29 bits per heavy atom. The summed E-state index contributed by atoms with van der Waals surface area (Å²) in [5.41, 5.74) is 5.62. The molecule has 0 aliphatic heterocycles. The monoisotopic (exact) mass is 214 g/mol. The first-order valence-electron chi connectivity index (χ1n) is 4.88. The lowest BCUT2D eigenvalue weighted by Crippen LogP contribution is -2.36. The summed E-state index contributed by atoms with van der Waals surface area (Å²) >= 11 is 1.40. The second-order valence-corrected chi connectivity index (χ2v) is 4.48. The van der Waals surface area contributed by atoms with E-state index in [0.29, 0.717) is 6.54 Å². The molecule has 1 aromatic rings. The Balaban J connectivity index is 2.64. The van der Waals surface area contributed by atoms with Gasteiger partial charge in [-0.2, -0.15) is 4.37 Å². The van der Waals surface area contributed by atoms with Crippen LogP contribution >= 0.6 is 11.5 Å². The molecule has 0 bridgehead atoms. The molecule has 1 unspecified atom stereocenters. The largest absolute Gasteiger partial charge is 0.355 e. The first-order valence-corrected chi connectivity index (χ1v) is 5.65. The van der Waals surface area contributed by atoms with Gasteiger partial charge in [-0.3, -0.25) is 0 Å². The number of nitrogens with two attached hydrogens (primary N) is 1. The van der Waals surface area contributed by atoms with Crippen LogP contribution in [0.3, 0.4) is 0 Å². The molecule has 3 N–H and O–H groups in total. The summed E-state index contributed by atoms with van der Waals surface area (Å²) in [6.45, 7) is 6.90. The summed E-state index contributed by atoms with van der Waals surface area (Å²) in [5, 5.41) is 4.28. The van der Waals surface area contributed by atoms with Crippen LogP contribution < -0.4 is 11.1 Å². The van der Waals surface area contributed by atoms with Crippen LogP contribution in [0, 0.1) is 6.92 Å². The Morgan fingerprint density at radius 3 is 2.71 bits per heavy atom. The number of hydrogen-bond donors (Lipinski definition) is 2. The predicted molar refractivity (Wildman–Crippen MR) is 60.6 cm³/mol. The highest BCUT2D eigenvalue weighted by atomic mass is 32.1. The average Bonchev–Trinajstić information content (AvgIpc) is 2.51. The van der Waals surface area contributed by atoms with Crippen molar-refractivity contribution in [2.75, 3.05) is 11.9 Å². The highest BCUT2D eigenvalue weighted by molar-refractivity contribution is 7.09. The quantitative estimate of drug-likeness (QED) is 0.784. The lowest BCUT2D eigenvalue weighted by atomic mass is 9.95.